The third-order valence-electron chi connectivity index (χ3n) is 2.89. The third kappa shape index (κ3) is 6.21. The molecule has 0 saturated heterocycles. The van der Waals surface area contributed by atoms with E-state index in [2.05, 4.69) is 42.0 Å². The standard InChI is InChI=1S/C15H23BrN2O/c1-15(2,3)8-12(9-17)14(19)18-10-11-4-6-13(16)7-5-11/h4-7,12H,8-10,17H2,1-3H3,(H,18,19). The van der Waals surface area contributed by atoms with Crippen LogP contribution in [0.4, 0.5) is 0 Å². The number of rotatable bonds is 5. The van der Waals surface area contributed by atoms with Gasteiger partial charge in [0.15, 0.2) is 0 Å². The molecule has 0 aliphatic heterocycles. The number of carbonyl (C=O) groups is 1. The van der Waals surface area contributed by atoms with Gasteiger partial charge in [-0.3, -0.25) is 4.79 Å². The summed E-state index contributed by atoms with van der Waals surface area (Å²) in [6, 6.07) is 7.92. The molecular formula is C15H23BrN2O. The molecule has 0 fully saturated rings. The second-order valence-electron chi connectivity index (χ2n) is 6.04. The van der Waals surface area contributed by atoms with E-state index in [1.807, 2.05) is 24.3 Å². The average molecular weight is 327 g/mol. The second kappa shape index (κ2) is 7.06. The van der Waals surface area contributed by atoms with Gasteiger partial charge in [0, 0.05) is 17.6 Å². The van der Waals surface area contributed by atoms with E-state index in [1.165, 1.54) is 0 Å². The zero-order chi connectivity index (χ0) is 14.5. The van der Waals surface area contributed by atoms with Crippen molar-refractivity contribution >= 4 is 21.8 Å². The monoisotopic (exact) mass is 326 g/mol. The van der Waals surface area contributed by atoms with Gasteiger partial charge < -0.3 is 11.1 Å². The highest BCUT2D eigenvalue weighted by molar-refractivity contribution is 9.10. The van der Waals surface area contributed by atoms with Gasteiger partial charge in [-0.2, -0.15) is 0 Å². The van der Waals surface area contributed by atoms with Gasteiger partial charge in [-0.05, 0) is 29.5 Å². The molecule has 0 aliphatic rings. The zero-order valence-corrected chi connectivity index (χ0v) is 13.5. The molecule has 1 atom stereocenters. The fourth-order valence-corrected chi connectivity index (χ4v) is 2.22. The molecule has 0 aromatic heterocycles. The minimum absolute atomic E-state index is 0.0420. The Bertz CT molecular complexity index is 409. The van der Waals surface area contributed by atoms with Crippen LogP contribution in [0, 0.1) is 11.3 Å². The van der Waals surface area contributed by atoms with E-state index in [9.17, 15) is 4.79 Å². The predicted octanol–water partition coefficient (Wildman–Crippen LogP) is 3.08. The van der Waals surface area contributed by atoms with Crippen LogP contribution < -0.4 is 11.1 Å². The van der Waals surface area contributed by atoms with Crippen LogP contribution in [0.25, 0.3) is 0 Å². The van der Waals surface area contributed by atoms with E-state index < -0.39 is 0 Å². The van der Waals surface area contributed by atoms with Crippen LogP contribution in [-0.4, -0.2) is 12.5 Å². The Balaban J connectivity index is 2.51. The lowest BCUT2D eigenvalue weighted by Crippen LogP contribution is -2.36. The molecule has 0 aliphatic carbocycles. The summed E-state index contributed by atoms with van der Waals surface area (Å²) in [5.74, 6) is -0.0733. The minimum atomic E-state index is -0.115. The van der Waals surface area contributed by atoms with Gasteiger partial charge in [-0.1, -0.05) is 48.8 Å². The van der Waals surface area contributed by atoms with E-state index in [4.69, 9.17) is 5.73 Å². The predicted molar refractivity (Wildman–Crippen MR) is 82.6 cm³/mol. The smallest absolute Gasteiger partial charge is 0.224 e. The first kappa shape index (κ1) is 16.2. The summed E-state index contributed by atoms with van der Waals surface area (Å²) in [6.07, 6.45) is 0.801. The lowest BCUT2D eigenvalue weighted by Gasteiger charge is -2.24. The molecule has 1 aromatic rings. The largest absolute Gasteiger partial charge is 0.352 e. The molecule has 3 nitrogen and oxygen atoms in total. The van der Waals surface area contributed by atoms with E-state index in [0.29, 0.717) is 13.1 Å². The number of benzene rings is 1. The number of halogens is 1. The van der Waals surface area contributed by atoms with Crippen LogP contribution in [-0.2, 0) is 11.3 Å². The van der Waals surface area contributed by atoms with Crippen molar-refractivity contribution in [1.82, 2.24) is 5.32 Å². The summed E-state index contributed by atoms with van der Waals surface area (Å²) in [4.78, 5) is 12.1. The van der Waals surface area contributed by atoms with Crippen molar-refractivity contribution in [3.05, 3.63) is 34.3 Å². The van der Waals surface area contributed by atoms with Crippen molar-refractivity contribution in [2.45, 2.75) is 33.7 Å². The molecule has 0 saturated carbocycles. The number of amides is 1. The van der Waals surface area contributed by atoms with Gasteiger partial charge in [0.05, 0.1) is 5.92 Å². The van der Waals surface area contributed by atoms with Crippen LogP contribution in [0.3, 0.4) is 0 Å². The summed E-state index contributed by atoms with van der Waals surface area (Å²) in [6.45, 7) is 7.31. The fourth-order valence-electron chi connectivity index (χ4n) is 1.96. The van der Waals surface area contributed by atoms with Crippen LogP contribution in [0.1, 0.15) is 32.8 Å². The van der Waals surface area contributed by atoms with Crippen LogP contribution in [0.2, 0.25) is 0 Å². The van der Waals surface area contributed by atoms with E-state index in [0.717, 1.165) is 16.5 Å². The van der Waals surface area contributed by atoms with Crippen molar-refractivity contribution in [3.8, 4) is 0 Å². The maximum Gasteiger partial charge on any atom is 0.224 e. The molecule has 0 radical (unpaired) electrons. The van der Waals surface area contributed by atoms with Crippen LogP contribution >= 0.6 is 15.9 Å². The van der Waals surface area contributed by atoms with E-state index in [-0.39, 0.29) is 17.2 Å². The molecule has 19 heavy (non-hydrogen) atoms. The molecule has 1 rings (SSSR count). The van der Waals surface area contributed by atoms with Crippen molar-refractivity contribution < 1.29 is 4.79 Å². The first-order valence-electron chi connectivity index (χ1n) is 6.54. The number of nitrogens with one attached hydrogen (secondary N) is 1. The maximum atomic E-state index is 12.1. The normalized spacial score (nSPS) is 13.1. The molecule has 0 spiro atoms. The van der Waals surface area contributed by atoms with Crippen LogP contribution in [0.15, 0.2) is 28.7 Å². The molecule has 0 heterocycles. The summed E-state index contributed by atoms with van der Waals surface area (Å²) in [7, 11) is 0. The van der Waals surface area contributed by atoms with Crippen molar-refractivity contribution in [2.75, 3.05) is 6.54 Å². The molecule has 0 bridgehead atoms. The van der Waals surface area contributed by atoms with Gasteiger partial charge in [0.1, 0.15) is 0 Å². The Morgan fingerprint density at radius 2 is 1.89 bits per heavy atom. The van der Waals surface area contributed by atoms with Crippen molar-refractivity contribution in [2.24, 2.45) is 17.1 Å². The SMILES string of the molecule is CC(C)(C)CC(CN)C(=O)NCc1ccc(Br)cc1. The number of hydrogen-bond acceptors (Lipinski definition) is 2. The zero-order valence-electron chi connectivity index (χ0n) is 11.9. The van der Waals surface area contributed by atoms with Gasteiger partial charge in [0.2, 0.25) is 5.91 Å². The highest BCUT2D eigenvalue weighted by Gasteiger charge is 2.23. The van der Waals surface area contributed by atoms with Gasteiger partial charge in [0.25, 0.3) is 0 Å². The molecule has 106 valence electrons. The molecule has 1 unspecified atom stereocenters. The summed E-state index contributed by atoms with van der Waals surface area (Å²) >= 11 is 3.39. The summed E-state index contributed by atoms with van der Waals surface area (Å²) in [5, 5.41) is 2.96. The lowest BCUT2D eigenvalue weighted by molar-refractivity contribution is -0.125. The Kier molecular flexibility index (Phi) is 6.01. The quantitative estimate of drug-likeness (QED) is 0.873. The topological polar surface area (TPSA) is 55.1 Å². The Hall–Kier alpha value is -0.870. The lowest BCUT2D eigenvalue weighted by atomic mass is 9.84. The highest BCUT2D eigenvalue weighted by Crippen LogP contribution is 2.24. The molecular weight excluding hydrogens is 304 g/mol. The second-order valence-corrected chi connectivity index (χ2v) is 6.96. The van der Waals surface area contributed by atoms with E-state index in [1.54, 1.807) is 0 Å². The summed E-state index contributed by atoms with van der Waals surface area (Å²) < 4.78 is 1.04. The van der Waals surface area contributed by atoms with Crippen molar-refractivity contribution in [1.29, 1.82) is 0 Å². The molecule has 1 amide bonds. The minimum Gasteiger partial charge on any atom is -0.352 e. The number of carbonyl (C=O) groups excluding carboxylic acids is 1. The first-order valence-corrected chi connectivity index (χ1v) is 7.33. The highest BCUT2D eigenvalue weighted by atomic mass is 79.9. The van der Waals surface area contributed by atoms with Crippen molar-refractivity contribution in [3.63, 3.8) is 0 Å². The Morgan fingerprint density at radius 3 is 2.37 bits per heavy atom. The fraction of sp³-hybridized carbons (Fsp3) is 0.533. The third-order valence-corrected chi connectivity index (χ3v) is 3.42. The molecule has 3 N–H and O–H groups in total. The van der Waals surface area contributed by atoms with Gasteiger partial charge >= 0.3 is 0 Å². The van der Waals surface area contributed by atoms with Crippen LogP contribution in [0.5, 0.6) is 0 Å². The Labute approximate surface area is 124 Å². The maximum absolute atomic E-state index is 12.1. The molecule has 1 aromatic carbocycles. The van der Waals surface area contributed by atoms with Gasteiger partial charge in [-0.25, -0.2) is 0 Å². The van der Waals surface area contributed by atoms with Gasteiger partial charge in [-0.15, -0.1) is 0 Å². The first-order chi connectivity index (χ1) is 8.81. The molecule has 4 heteroatoms. The Morgan fingerprint density at radius 1 is 1.32 bits per heavy atom. The average Bonchev–Trinajstić information content (AvgIpc) is 2.34. The number of nitrogens with two attached hydrogens (primary N) is 1. The number of hydrogen-bond donors (Lipinski definition) is 2. The van der Waals surface area contributed by atoms with E-state index >= 15 is 0 Å². The summed E-state index contributed by atoms with van der Waals surface area (Å²) in [5.41, 5.74) is 6.90.